The van der Waals surface area contributed by atoms with Gasteiger partial charge in [-0.1, -0.05) is 27.7 Å². The van der Waals surface area contributed by atoms with Crippen LogP contribution in [-0.2, 0) is 10.0 Å². The molecule has 6 heteroatoms. The van der Waals surface area contributed by atoms with Gasteiger partial charge < -0.3 is 11.5 Å². The smallest absolute Gasteiger partial charge is 0.245 e. The number of nitrogen functional groups attached to an aromatic ring is 2. The van der Waals surface area contributed by atoms with Crippen molar-refractivity contribution >= 4 is 21.4 Å². The molecule has 0 unspecified atom stereocenters. The Kier molecular flexibility index (Phi) is 5.64. The van der Waals surface area contributed by atoms with Crippen LogP contribution in [0, 0.1) is 18.8 Å². The molecular weight excluding hydrogens is 286 g/mol. The minimum absolute atomic E-state index is 0.149. The molecular formula is C15H27N3O2S. The summed E-state index contributed by atoms with van der Waals surface area (Å²) in [5.74, 6) is 0.490. The monoisotopic (exact) mass is 313 g/mol. The molecule has 0 saturated heterocycles. The lowest BCUT2D eigenvalue weighted by Gasteiger charge is -2.26. The van der Waals surface area contributed by atoms with Gasteiger partial charge >= 0.3 is 0 Å². The number of anilines is 2. The zero-order chi connectivity index (χ0) is 16.4. The summed E-state index contributed by atoms with van der Waals surface area (Å²) in [6.07, 6.45) is 0. The maximum Gasteiger partial charge on any atom is 0.245 e. The fourth-order valence-corrected chi connectivity index (χ4v) is 4.11. The quantitative estimate of drug-likeness (QED) is 0.789. The Balaban J connectivity index is 3.32. The molecule has 4 N–H and O–H groups in total. The fourth-order valence-electron chi connectivity index (χ4n) is 2.17. The molecule has 0 radical (unpaired) electrons. The lowest BCUT2D eigenvalue weighted by Crippen LogP contribution is -2.37. The Labute approximate surface area is 128 Å². The number of sulfonamides is 1. The SMILES string of the molecule is Cc1c(N)ccc(S(=O)(=O)N(CC(C)C)CC(C)C)c1N. The zero-order valence-corrected chi connectivity index (χ0v) is 14.4. The van der Waals surface area contributed by atoms with E-state index in [4.69, 9.17) is 11.5 Å². The topological polar surface area (TPSA) is 89.4 Å². The minimum Gasteiger partial charge on any atom is -0.398 e. The molecule has 0 atom stereocenters. The van der Waals surface area contributed by atoms with E-state index in [1.165, 1.54) is 10.4 Å². The van der Waals surface area contributed by atoms with Gasteiger partial charge in [0.25, 0.3) is 0 Å². The molecule has 0 aliphatic carbocycles. The minimum atomic E-state index is -3.61. The van der Waals surface area contributed by atoms with Gasteiger partial charge in [-0.2, -0.15) is 4.31 Å². The molecule has 0 aliphatic rings. The van der Waals surface area contributed by atoms with E-state index in [-0.39, 0.29) is 22.4 Å². The average molecular weight is 313 g/mol. The second-order valence-electron chi connectivity index (χ2n) is 6.30. The van der Waals surface area contributed by atoms with Crippen LogP contribution >= 0.6 is 0 Å². The van der Waals surface area contributed by atoms with Crippen LogP contribution in [0.2, 0.25) is 0 Å². The maximum absolute atomic E-state index is 12.9. The van der Waals surface area contributed by atoms with Crippen LogP contribution in [0.15, 0.2) is 17.0 Å². The summed E-state index contributed by atoms with van der Waals surface area (Å²) in [4.78, 5) is 0.149. The van der Waals surface area contributed by atoms with Gasteiger partial charge in [0.1, 0.15) is 4.90 Å². The molecule has 21 heavy (non-hydrogen) atoms. The van der Waals surface area contributed by atoms with Crippen molar-refractivity contribution in [3.63, 3.8) is 0 Å². The van der Waals surface area contributed by atoms with Crippen molar-refractivity contribution in [3.05, 3.63) is 17.7 Å². The van der Waals surface area contributed by atoms with Crippen molar-refractivity contribution in [2.45, 2.75) is 39.5 Å². The molecule has 0 aliphatic heterocycles. The molecule has 0 aromatic heterocycles. The number of hydrogen-bond donors (Lipinski definition) is 2. The van der Waals surface area contributed by atoms with E-state index in [0.29, 0.717) is 24.3 Å². The normalized spacial score (nSPS) is 12.6. The number of nitrogens with zero attached hydrogens (tertiary/aromatic N) is 1. The zero-order valence-electron chi connectivity index (χ0n) is 13.6. The van der Waals surface area contributed by atoms with Gasteiger partial charge in [-0.05, 0) is 36.5 Å². The number of nitrogens with two attached hydrogens (primary N) is 2. The van der Waals surface area contributed by atoms with Gasteiger partial charge in [0, 0.05) is 18.8 Å². The molecule has 1 aromatic carbocycles. The first-order valence-electron chi connectivity index (χ1n) is 7.22. The third-order valence-electron chi connectivity index (χ3n) is 3.27. The summed E-state index contributed by atoms with van der Waals surface area (Å²) in [5.41, 5.74) is 13.1. The second kappa shape index (κ2) is 6.66. The van der Waals surface area contributed by atoms with E-state index in [0.717, 1.165) is 0 Å². The predicted octanol–water partition coefficient (Wildman–Crippen LogP) is 2.46. The van der Waals surface area contributed by atoms with Gasteiger partial charge in [-0.15, -0.1) is 0 Å². The number of hydrogen-bond acceptors (Lipinski definition) is 4. The third-order valence-corrected chi connectivity index (χ3v) is 5.16. The van der Waals surface area contributed by atoms with Crippen LogP contribution in [0.1, 0.15) is 33.3 Å². The molecule has 1 rings (SSSR count). The maximum atomic E-state index is 12.9. The summed E-state index contributed by atoms with van der Waals surface area (Å²) in [5, 5.41) is 0. The van der Waals surface area contributed by atoms with Gasteiger partial charge in [-0.25, -0.2) is 8.42 Å². The summed E-state index contributed by atoms with van der Waals surface area (Å²) in [6, 6.07) is 3.10. The molecule has 5 nitrogen and oxygen atoms in total. The average Bonchev–Trinajstić information content (AvgIpc) is 2.33. The Hall–Kier alpha value is -1.27. The van der Waals surface area contributed by atoms with E-state index >= 15 is 0 Å². The summed E-state index contributed by atoms with van der Waals surface area (Å²) >= 11 is 0. The van der Waals surface area contributed by atoms with Crippen molar-refractivity contribution in [2.75, 3.05) is 24.6 Å². The predicted molar refractivity (Wildman–Crippen MR) is 88.4 cm³/mol. The molecule has 1 aromatic rings. The van der Waals surface area contributed by atoms with Crippen molar-refractivity contribution < 1.29 is 8.42 Å². The van der Waals surface area contributed by atoms with E-state index < -0.39 is 10.0 Å². The number of rotatable bonds is 6. The first kappa shape index (κ1) is 17.8. The Morgan fingerprint density at radius 2 is 1.52 bits per heavy atom. The van der Waals surface area contributed by atoms with Crippen LogP contribution in [0.25, 0.3) is 0 Å². The van der Waals surface area contributed by atoms with Gasteiger partial charge in [0.05, 0.1) is 5.69 Å². The standard InChI is InChI=1S/C15H27N3O2S/c1-10(2)8-18(9-11(3)4)21(19,20)14-7-6-13(16)12(5)15(14)17/h6-7,10-11H,8-9,16-17H2,1-5H3. The summed E-state index contributed by atoms with van der Waals surface area (Å²) in [7, 11) is -3.61. The van der Waals surface area contributed by atoms with Crippen LogP contribution in [0.5, 0.6) is 0 Å². The molecule has 0 spiro atoms. The van der Waals surface area contributed by atoms with E-state index in [1.807, 2.05) is 27.7 Å². The summed E-state index contributed by atoms with van der Waals surface area (Å²) < 4.78 is 27.3. The third kappa shape index (κ3) is 4.11. The highest BCUT2D eigenvalue weighted by molar-refractivity contribution is 7.89. The highest BCUT2D eigenvalue weighted by Crippen LogP contribution is 2.29. The summed E-state index contributed by atoms with van der Waals surface area (Å²) in [6.45, 7) is 10.7. The van der Waals surface area contributed by atoms with Crippen molar-refractivity contribution in [1.82, 2.24) is 4.31 Å². The van der Waals surface area contributed by atoms with Gasteiger partial charge in [0.15, 0.2) is 0 Å². The second-order valence-corrected chi connectivity index (χ2v) is 8.21. The lowest BCUT2D eigenvalue weighted by atomic mass is 10.2. The Bertz CT molecular complexity index is 585. The molecule has 0 fully saturated rings. The molecule has 0 bridgehead atoms. The molecule has 0 heterocycles. The fraction of sp³-hybridized carbons (Fsp3) is 0.600. The van der Waals surface area contributed by atoms with Crippen molar-refractivity contribution in [3.8, 4) is 0 Å². The number of benzene rings is 1. The molecule has 120 valence electrons. The van der Waals surface area contributed by atoms with Crippen LogP contribution in [0.4, 0.5) is 11.4 Å². The van der Waals surface area contributed by atoms with Crippen LogP contribution in [0.3, 0.4) is 0 Å². The van der Waals surface area contributed by atoms with Crippen molar-refractivity contribution in [1.29, 1.82) is 0 Å². The van der Waals surface area contributed by atoms with E-state index in [1.54, 1.807) is 13.0 Å². The van der Waals surface area contributed by atoms with E-state index in [9.17, 15) is 8.42 Å². The van der Waals surface area contributed by atoms with Gasteiger partial charge in [-0.3, -0.25) is 0 Å². The van der Waals surface area contributed by atoms with E-state index in [2.05, 4.69) is 0 Å². The Morgan fingerprint density at radius 3 is 1.95 bits per heavy atom. The largest absolute Gasteiger partial charge is 0.398 e. The van der Waals surface area contributed by atoms with Crippen LogP contribution < -0.4 is 11.5 Å². The molecule has 0 saturated carbocycles. The first-order valence-corrected chi connectivity index (χ1v) is 8.66. The molecule has 0 amide bonds. The lowest BCUT2D eigenvalue weighted by molar-refractivity contribution is 0.333. The van der Waals surface area contributed by atoms with Gasteiger partial charge in [0.2, 0.25) is 10.0 Å². The van der Waals surface area contributed by atoms with Crippen LogP contribution in [-0.4, -0.2) is 25.8 Å². The first-order chi connectivity index (χ1) is 9.57. The highest BCUT2D eigenvalue weighted by atomic mass is 32.2. The Morgan fingerprint density at radius 1 is 1.05 bits per heavy atom. The van der Waals surface area contributed by atoms with Crippen molar-refractivity contribution in [2.24, 2.45) is 11.8 Å². The highest BCUT2D eigenvalue weighted by Gasteiger charge is 2.28.